The van der Waals surface area contributed by atoms with E-state index in [9.17, 15) is 19.2 Å². The fourth-order valence-corrected chi connectivity index (χ4v) is 3.12. The van der Waals surface area contributed by atoms with Crippen LogP contribution in [0.2, 0.25) is 5.02 Å². The number of nitrogens with one attached hydrogen (secondary N) is 1. The Hall–Kier alpha value is -3.75. The Morgan fingerprint density at radius 2 is 1.86 bits per heavy atom. The first kappa shape index (κ1) is 19.0. The van der Waals surface area contributed by atoms with Crippen molar-refractivity contribution < 1.29 is 4.39 Å². The van der Waals surface area contributed by atoms with Crippen LogP contribution in [0.5, 0.6) is 0 Å². The Labute approximate surface area is 162 Å². The summed E-state index contributed by atoms with van der Waals surface area (Å²) in [5.74, 6) is -0.428. The molecule has 1 N–H and O–H groups in total. The van der Waals surface area contributed by atoms with Crippen LogP contribution >= 0.6 is 11.6 Å². The first-order chi connectivity index (χ1) is 13.3. The van der Waals surface area contributed by atoms with Gasteiger partial charge in [0.25, 0.3) is 5.56 Å². The molecule has 28 heavy (non-hydrogen) atoms. The Balaban J connectivity index is 2.15. The predicted octanol–water partition coefficient (Wildman–Crippen LogP) is 2.41. The fraction of sp³-hybridized carbons (Fsp3) is 0.105. The standard InChI is InChI=1S/C19H11ClFN5O2/c1-19(10-23,11-2-4-12(21)5-3-11)14-7-6-13(8-15(14)20)26-18(28)24-17(27)16(9-22)25-26/h2-8H,1H3,(H,24,27,28). The summed E-state index contributed by atoms with van der Waals surface area (Å²) in [4.78, 5) is 25.5. The Morgan fingerprint density at radius 1 is 1.18 bits per heavy atom. The fourth-order valence-electron chi connectivity index (χ4n) is 2.75. The van der Waals surface area contributed by atoms with E-state index in [0.717, 1.165) is 4.68 Å². The van der Waals surface area contributed by atoms with E-state index in [1.165, 1.54) is 42.5 Å². The molecule has 0 fully saturated rings. The lowest BCUT2D eigenvalue weighted by molar-refractivity contribution is 0.624. The third kappa shape index (κ3) is 3.18. The smallest absolute Gasteiger partial charge is 0.270 e. The topological polar surface area (TPSA) is 115 Å². The van der Waals surface area contributed by atoms with Crippen LogP contribution in [0.4, 0.5) is 4.39 Å². The van der Waals surface area contributed by atoms with Crippen molar-refractivity contribution in [2.75, 3.05) is 0 Å². The molecule has 0 saturated heterocycles. The van der Waals surface area contributed by atoms with Crippen molar-refractivity contribution in [3.63, 3.8) is 0 Å². The van der Waals surface area contributed by atoms with Crippen LogP contribution in [-0.2, 0) is 5.41 Å². The van der Waals surface area contributed by atoms with Gasteiger partial charge in [-0.15, -0.1) is 5.10 Å². The van der Waals surface area contributed by atoms with Crippen molar-refractivity contribution in [1.82, 2.24) is 14.8 Å². The predicted molar refractivity (Wildman–Crippen MR) is 98.6 cm³/mol. The van der Waals surface area contributed by atoms with Gasteiger partial charge in [0.1, 0.15) is 17.3 Å². The van der Waals surface area contributed by atoms with Crippen molar-refractivity contribution >= 4 is 11.6 Å². The number of H-pyrrole nitrogens is 1. The number of nitriles is 2. The van der Waals surface area contributed by atoms with E-state index in [2.05, 4.69) is 11.2 Å². The van der Waals surface area contributed by atoms with Crippen LogP contribution in [0.15, 0.2) is 52.1 Å². The molecule has 1 aromatic heterocycles. The van der Waals surface area contributed by atoms with E-state index in [1.807, 2.05) is 4.98 Å². The van der Waals surface area contributed by atoms with Gasteiger partial charge >= 0.3 is 5.69 Å². The van der Waals surface area contributed by atoms with Gasteiger partial charge in [-0.2, -0.15) is 15.2 Å². The molecule has 9 heteroatoms. The minimum atomic E-state index is -1.18. The molecule has 0 spiro atoms. The maximum Gasteiger partial charge on any atom is 0.349 e. The zero-order valence-electron chi connectivity index (χ0n) is 14.4. The summed E-state index contributed by atoms with van der Waals surface area (Å²) in [6, 6.07) is 13.7. The third-order valence-electron chi connectivity index (χ3n) is 4.31. The van der Waals surface area contributed by atoms with Crippen LogP contribution in [0, 0.1) is 28.5 Å². The highest BCUT2D eigenvalue weighted by molar-refractivity contribution is 6.31. The lowest BCUT2D eigenvalue weighted by Crippen LogP contribution is -2.33. The summed E-state index contributed by atoms with van der Waals surface area (Å²) in [7, 11) is 0. The maximum atomic E-state index is 13.2. The van der Waals surface area contributed by atoms with E-state index in [4.69, 9.17) is 16.9 Å². The average Bonchev–Trinajstić information content (AvgIpc) is 2.68. The second kappa shape index (κ2) is 7.10. The van der Waals surface area contributed by atoms with E-state index in [0.29, 0.717) is 11.1 Å². The summed E-state index contributed by atoms with van der Waals surface area (Å²) in [5.41, 5.74) is -2.21. The van der Waals surface area contributed by atoms with Crippen LogP contribution in [0.25, 0.3) is 5.69 Å². The van der Waals surface area contributed by atoms with Crippen LogP contribution in [0.1, 0.15) is 23.7 Å². The van der Waals surface area contributed by atoms with Crippen molar-refractivity contribution in [3.05, 3.63) is 91.0 Å². The monoisotopic (exact) mass is 395 g/mol. The van der Waals surface area contributed by atoms with Gasteiger partial charge in [0.2, 0.25) is 5.69 Å². The van der Waals surface area contributed by atoms with Gasteiger partial charge in [0.15, 0.2) is 0 Å². The Morgan fingerprint density at radius 3 is 2.43 bits per heavy atom. The van der Waals surface area contributed by atoms with Gasteiger partial charge in [0.05, 0.1) is 11.8 Å². The number of hydrogen-bond donors (Lipinski definition) is 1. The van der Waals surface area contributed by atoms with Crippen molar-refractivity contribution in [2.24, 2.45) is 0 Å². The molecule has 1 heterocycles. The van der Waals surface area contributed by atoms with E-state index in [-0.39, 0.29) is 10.7 Å². The van der Waals surface area contributed by atoms with Crippen molar-refractivity contribution in [2.45, 2.75) is 12.3 Å². The average molecular weight is 396 g/mol. The normalized spacial score (nSPS) is 12.6. The minimum Gasteiger partial charge on any atom is -0.270 e. The summed E-state index contributed by atoms with van der Waals surface area (Å²) in [6.45, 7) is 1.64. The van der Waals surface area contributed by atoms with Crippen LogP contribution in [0.3, 0.4) is 0 Å². The molecule has 7 nitrogen and oxygen atoms in total. The van der Waals surface area contributed by atoms with E-state index >= 15 is 0 Å². The van der Waals surface area contributed by atoms with E-state index in [1.54, 1.807) is 13.0 Å². The van der Waals surface area contributed by atoms with Gasteiger partial charge < -0.3 is 0 Å². The van der Waals surface area contributed by atoms with Gasteiger partial charge in [-0.05, 0) is 42.3 Å². The molecule has 0 aliphatic carbocycles. The molecule has 138 valence electrons. The first-order valence-electron chi connectivity index (χ1n) is 7.91. The van der Waals surface area contributed by atoms with Crippen LogP contribution < -0.4 is 11.2 Å². The van der Waals surface area contributed by atoms with Gasteiger partial charge in [-0.25, -0.2) is 9.18 Å². The highest BCUT2D eigenvalue weighted by Crippen LogP contribution is 2.36. The largest absolute Gasteiger partial charge is 0.349 e. The second-order valence-electron chi connectivity index (χ2n) is 6.04. The summed E-state index contributed by atoms with van der Waals surface area (Å²) >= 11 is 6.38. The zero-order chi connectivity index (χ0) is 20.5. The van der Waals surface area contributed by atoms with Gasteiger partial charge in [-0.1, -0.05) is 29.8 Å². The summed E-state index contributed by atoms with van der Waals surface area (Å²) in [6.07, 6.45) is 0. The molecule has 0 amide bonds. The maximum absolute atomic E-state index is 13.2. The number of aromatic amines is 1. The quantitative estimate of drug-likeness (QED) is 0.731. The highest BCUT2D eigenvalue weighted by Gasteiger charge is 2.31. The van der Waals surface area contributed by atoms with Crippen molar-refractivity contribution in [1.29, 1.82) is 10.5 Å². The minimum absolute atomic E-state index is 0.157. The molecule has 0 saturated carbocycles. The van der Waals surface area contributed by atoms with Crippen LogP contribution in [-0.4, -0.2) is 14.8 Å². The Bertz CT molecular complexity index is 1270. The number of halogens is 2. The second-order valence-corrected chi connectivity index (χ2v) is 6.45. The van der Waals surface area contributed by atoms with Gasteiger partial charge in [0, 0.05) is 5.02 Å². The molecule has 1 atom stereocenters. The SMILES string of the molecule is CC(C#N)(c1ccc(F)cc1)c1ccc(-n2nc(C#N)c(=O)[nH]c2=O)cc1Cl. The number of aromatic nitrogens is 3. The molecule has 0 radical (unpaired) electrons. The van der Waals surface area contributed by atoms with Crippen molar-refractivity contribution in [3.8, 4) is 17.8 Å². The molecular formula is C19H11ClFN5O2. The van der Waals surface area contributed by atoms with Gasteiger partial charge in [-0.3, -0.25) is 9.78 Å². The molecule has 0 aliphatic rings. The molecule has 3 rings (SSSR count). The molecule has 1 unspecified atom stereocenters. The number of hydrogen-bond acceptors (Lipinski definition) is 5. The summed E-state index contributed by atoms with van der Waals surface area (Å²) < 4.78 is 14.1. The first-order valence-corrected chi connectivity index (χ1v) is 8.29. The highest BCUT2D eigenvalue weighted by atomic mass is 35.5. The molecule has 0 aliphatic heterocycles. The lowest BCUT2D eigenvalue weighted by atomic mass is 9.77. The zero-order valence-corrected chi connectivity index (χ0v) is 15.2. The number of nitrogens with zero attached hydrogens (tertiary/aromatic N) is 4. The molecule has 2 aromatic carbocycles. The molecular weight excluding hydrogens is 385 g/mol. The number of rotatable bonds is 3. The summed E-state index contributed by atoms with van der Waals surface area (Å²) in [5, 5.41) is 22.6. The number of benzene rings is 2. The molecule has 0 bridgehead atoms. The Kier molecular flexibility index (Phi) is 4.83. The van der Waals surface area contributed by atoms with E-state index < -0.39 is 28.2 Å². The third-order valence-corrected chi connectivity index (χ3v) is 4.63. The molecule has 3 aromatic rings. The lowest BCUT2D eigenvalue weighted by Gasteiger charge is -2.24.